The summed E-state index contributed by atoms with van der Waals surface area (Å²) in [4.78, 5) is 26.0. The molecule has 0 aliphatic carbocycles. The van der Waals surface area contributed by atoms with Crippen molar-refractivity contribution in [2.45, 2.75) is 65.3 Å². The summed E-state index contributed by atoms with van der Waals surface area (Å²) in [7, 11) is 0. The highest BCUT2D eigenvalue weighted by Gasteiger charge is 2.21. The minimum Gasteiger partial charge on any atom is -0.483 e. The van der Waals surface area contributed by atoms with Crippen molar-refractivity contribution in [1.29, 1.82) is 0 Å². The molecule has 0 saturated heterocycles. The Balaban J connectivity index is 1.64. The number of anilines is 1. The maximum atomic E-state index is 12.7. The summed E-state index contributed by atoms with van der Waals surface area (Å²) < 4.78 is 13.2. The molecule has 35 heavy (non-hydrogen) atoms. The average Bonchev–Trinajstić information content (AvgIpc) is 3.47. The van der Waals surface area contributed by atoms with Gasteiger partial charge < -0.3 is 19.4 Å². The summed E-state index contributed by atoms with van der Waals surface area (Å²) in [5, 5.41) is 12.6. The van der Waals surface area contributed by atoms with Gasteiger partial charge in [-0.1, -0.05) is 37.7 Å². The van der Waals surface area contributed by atoms with Gasteiger partial charge in [0.1, 0.15) is 10.8 Å². The molecule has 1 aromatic carbocycles. The van der Waals surface area contributed by atoms with Crippen molar-refractivity contribution in [3.05, 3.63) is 52.2 Å². The molecule has 1 N–H and O–H groups in total. The molecule has 0 aliphatic rings. The van der Waals surface area contributed by atoms with E-state index in [9.17, 15) is 9.59 Å². The number of hydrogen-bond acceptors (Lipinski definition) is 8. The van der Waals surface area contributed by atoms with Crippen LogP contribution < -0.4 is 10.1 Å². The molecule has 1 unspecified atom stereocenters. The van der Waals surface area contributed by atoms with Gasteiger partial charge >= 0.3 is 5.97 Å². The van der Waals surface area contributed by atoms with Crippen LogP contribution in [-0.2, 0) is 28.9 Å². The molecule has 2 aromatic heterocycles. The Bertz CT molecular complexity index is 1140. The number of hydrogen-bond donors (Lipinski definition) is 1. The maximum absolute atomic E-state index is 12.7. The summed E-state index contributed by atoms with van der Waals surface area (Å²) in [6, 6.07) is 9.80. The predicted octanol–water partition coefficient (Wildman–Crippen LogP) is 5.53. The number of thiophene rings is 1. The Morgan fingerprint density at radius 3 is 2.49 bits per heavy atom. The topological polar surface area (TPSA) is 95.3 Å². The van der Waals surface area contributed by atoms with Crippen molar-refractivity contribution in [1.82, 2.24) is 14.8 Å². The Labute approximate surface area is 214 Å². The van der Waals surface area contributed by atoms with Crippen LogP contribution in [0.25, 0.3) is 0 Å². The molecule has 1 atom stereocenters. The van der Waals surface area contributed by atoms with Crippen LogP contribution in [0.3, 0.4) is 0 Å². The summed E-state index contributed by atoms with van der Waals surface area (Å²) >= 11 is 2.69. The minimum absolute atomic E-state index is 0.132. The summed E-state index contributed by atoms with van der Waals surface area (Å²) in [6.07, 6.45) is 1.45. The number of rotatable bonds is 12. The molecule has 1 amide bonds. The highest BCUT2D eigenvalue weighted by Crippen LogP contribution is 2.30. The largest absolute Gasteiger partial charge is 0.483 e. The average molecular weight is 517 g/mol. The van der Waals surface area contributed by atoms with E-state index in [2.05, 4.69) is 34.6 Å². The van der Waals surface area contributed by atoms with E-state index >= 15 is 0 Å². The van der Waals surface area contributed by atoms with E-state index in [-0.39, 0.29) is 24.4 Å². The van der Waals surface area contributed by atoms with E-state index in [1.165, 1.54) is 28.7 Å². The normalized spacial score (nSPS) is 11.8. The van der Waals surface area contributed by atoms with Crippen LogP contribution in [0.4, 0.5) is 5.00 Å². The first kappa shape index (κ1) is 26.7. The molecule has 0 aliphatic heterocycles. The van der Waals surface area contributed by atoms with E-state index < -0.39 is 5.97 Å². The lowest BCUT2D eigenvalue weighted by molar-refractivity contribution is -0.113. The van der Waals surface area contributed by atoms with Crippen molar-refractivity contribution >= 4 is 40.0 Å². The first-order valence-electron chi connectivity index (χ1n) is 11.8. The molecule has 2 heterocycles. The van der Waals surface area contributed by atoms with Crippen molar-refractivity contribution in [2.75, 3.05) is 17.7 Å². The zero-order chi connectivity index (χ0) is 25.4. The minimum atomic E-state index is -0.430. The fourth-order valence-electron chi connectivity index (χ4n) is 3.43. The number of thioether (sulfide) groups is 1. The van der Waals surface area contributed by atoms with Crippen LogP contribution in [0.1, 0.15) is 67.3 Å². The third kappa shape index (κ3) is 6.85. The third-order valence-electron chi connectivity index (χ3n) is 5.28. The van der Waals surface area contributed by atoms with Crippen LogP contribution in [-0.4, -0.2) is 39.0 Å². The Morgan fingerprint density at radius 2 is 1.86 bits per heavy atom. The van der Waals surface area contributed by atoms with Gasteiger partial charge in [0, 0.05) is 11.4 Å². The van der Waals surface area contributed by atoms with Crippen LogP contribution in [0.5, 0.6) is 5.75 Å². The van der Waals surface area contributed by atoms with Gasteiger partial charge in [0.25, 0.3) is 0 Å². The first-order chi connectivity index (χ1) is 16.9. The summed E-state index contributed by atoms with van der Waals surface area (Å²) in [5.74, 6) is 0.949. The van der Waals surface area contributed by atoms with Gasteiger partial charge in [0.15, 0.2) is 17.1 Å². The number of aryl methyl sites for hydroxylation is 2. The van der Waals surface area contributed by atoms with Crippen LogP contribution in [0.2, 0.25) is 0 Å². The lowest BCUT2D eigenvalue weighted by Crippen LogP contribution is -2.16. The molecule has 8 nitrogen and oxygen atoms in total. The second kappa shape index (κ2) is 12.7. The second-order valence-corrected chi connectivity index (χ2v) is 9.79. The van der Waals surface area contributed by atoms with E-state index in [4.69, 9.17) is 9.47 Å². The van der Waals surface area contributed by atoms with Gasteiger partial charge in [-0.05, 0) is 57.4 Å². The predicted molar refractivity (Wildman–Crippen MR) is 140 cm³/mol. The molecular weight excluding hydrogens is 484 g/mol. The molecule has 0 radical (unpaired) electrons. The Morgan fingerprint density at radius 1 is 1.11 bits per heavy atom. The Hall–Kier alpha value is -2.85. The zero-order valence-electron chi connectivity index (χ0n) is 20.8. The molecular formula is C25H32N4O4S2. The standard InChI is InChI=1S/C25H32N4O4S2/c1-6-17-10-12-18(13-11-17)33-16(5)22-27-28-25(29(22)8-3)34-15-21(30)26-23-20(24(31)32-9-4)14-19(7-2)35-23/h10-14,16H,6-9,15H2,1-5H3,(H,26,30). The molecule has 0 saturated carbocycles. The van der Waals surface area contributed by atoms with Gasteiger partial charge in [0.05, 0.1) is 17.9 Å². The lowest BCUT2D eigenvalue weighted by Gasteiger charge is -2.16. The van der Waals surface area contributed by atoms with E-state index in [0.717, 1.165) is 23.5 Å². The van der Waals surface area contributed by atoms with Gasteiger partial charge in [-0.2, -0.15) is 0 Å². The van der Waals surface area contributed by atoms with Crippen LogP contribution in [0, 0.1) is 0 Å². The number of carbonyl (C=O) groups is 2. The fourth-order valence-corrected chi connectivity index (χ4v) is 5.24. The fraction of sp³-hybridized carbons (Fsp3) is 0.440. The van der Waals surface area contributed by atoms with Crippen LogP contribution in [0.15, 0.2) is 35.5 Å². The van der Waals surface area contributed by atoms with Crippen LogP contribution >= 0.6 is 23.1 Å². The molecule has 0 spiro atoms. The maximum Gasteiger partial charge on any atom is 0.341 e. The molecule has 188 valence electrons. The van der Waals surface area contributed by atoms with Crippen molar-refractivity contribution in [2.24, 2.45) is 0 Å². The monoisotopic (exact) mass is 516 g/mol. The number of esters is 1. The number of benzene rings is 1. The zero-order valence-corrected chi connectivity index (χ0v) is 22.4. The number of nitrogens with zero attached hydrogens (tertiary/aromatic N) is 3. The first-order valence-corrected chi connectivity index (χ1v) is 13.6. The Kier molecular flexibility index (Phi) is 9.73. The lowest BCUT2D eigenvalue weighted by atomic mass is 10.2. The number of nitrogens with one attached hydrogen (secondary N) is 1. The van der Waals surface area contributed by atoms with Crippen molar-refractivity contribution in [3.8, 4) is 5.75 Å². The second-order valence-electron chi connectivity index (χ2n) is 7.71. The third-order valence-corrected chi connectivity index (χ3v) is 7.44. The van der Waals surface area contributed by atoms with Crippen molar-refractivity contribution in [3.63, 3.8) is 0 Å². The molecule has 10 heteroatoms. The molecule has 3 rings (SSSR count). The number of ether oxygens (including phenoxy) is 2. The highest BCUT2D eigenvalue weighted by molar-refractivity contribution is 7.99. The molecule has 0 fully saturated rings. The number of aromatic nitrogens is 3. The molecule has 0 bridgehead atoms. The highest BCUT2D eigenvalue weighted by atomic mass is 32.2. The number of carbonyl (C=O) groups excluding carboxylic acids is 2. The van der Waals surface area contributed by atoms with E-state index in [1.54, 1.807) is 13.0 Å². The van der Waals surface area contributed by atoms with Crippen molar-refractivity contribution < 1.29 is 19.1 Å². The molecule has 3 aromatic rings. The summed E-state index contributed by atoms with van der Waals surface area (Å²) in [6.45, 7) is 10.7. The quantitative estimate of drug-likeness (QED) is 0.250. The van der Waals surface area contributed by atoms with Gasteiger partial charge in [-0.25, -0.2) is 4.79 Å². The number of amides is 1. The summed E-state index contributed by atoms with van der Waals surface area (Å²) in [5.41, 5.74) is 1.64. The smallest absolute Gasteiger partial charge is 0.341 e. The van der Waals surface area contributed by atoms with Gasteiger partial charge in [0.2, 0.25) is 5.91 Å². The van der Waals surface area contributed by atoms with Gasteiger partial charge in [-0.15, -0.1) is 21.5 Å². The van der Waals surface area contributed by atoms with Gasteiger partial charge in [-0.3, -0.25) is 4.79 Å². The van der Waals surface area contributed by atoms with E-state index in [0.29, 0.717) is 28.1 Å². The SMILES string of the molecule is CCOC(=O)c1cc(CC)sc1NC(=O)CSc1nnc(C(C)Oc2ccc(CC)cc2)n1CC. The van der Waals surface area contributed by atoms with E-state index in [1.807, 2.05) is 37.5 Å².